The molecule has 0 radical (unpaired) electrons. The van der Waals surface area contributed by atoms with Crippen molar-refractivity contribution in [3.63, 3.8) is 0 Å². The van der Waals surface area contributed by atoms with E-state index in [1.54, 1.807) is 0 Å². The minimum Gasteiger partial charge on any atom is -0.435 e. The van der Waals surface area contributed by atoms with Gasteiger partial charge < -0.3 is 15.4 Å². The van der Waals surface area contributed by atoms with Gasteiger partial charge in [-0.25, -0.2) is 13.6 Å². The maximum absolute atomic E-state index is 13.0. The van der Waals surface area contributed by atoms with Crippen LogP contribution >= 0.6 is 0 Å². The molecule has 0 fully saturated rings. The van der Waals surface area contributed by atoms with E-state index in [-0.39, 0.29) is 17.1 Å². The SMILES string of the molecule is O=C(Nc1cc(F)cc(F)c1)Nc1cccc(OC(F)F)c1. The second-order valence-corrected chi connectivity index (χ2v) is 4.14. The zero-order valence-electron chi connectivity index (χ0n) is 10.9. The smallest absolute Gasteiger partial charge is 0.387 e. The number of hydrogen-bond acceptors (Lipinski definition) is 2. The Hall–Kier alpha value is -2.77. The fourth-order valence-electron chi connectivity index (χ4n) is 1.67. The van der Waals surface area contributed by atoms with Gasteiger partial charge in [-0.1, -0.05) is 6.07 Å². The summed E-state index contributed by atoms with van der Waals surface area (Å²) in [6, 6.07) is 7.03. The lowest BCUT2D eigenvalue weighted by molar-refractivity contribution is -0.0497. The first-order chi connectivity index (χ1) is 10.4. The third kappa shape index (κ3) is 4.65. The van der Waals surface area contributed by atoms with Gasteiger partial charge in [-0.3, -0.25) is 0 Å². The molecule has 0 bridgehead atoms. The van der Waals surface area contributed by atoms with Gasteiger partial charge in [0.1, 0.15) is 17.4 Å². The van der Waals surface area contributed by atoms with E-state index in [0.29, 0.717) is 6.07 Å². The first-order valence-electron chi connectivity index (χ1n) is 6.01. The summed E-state index contributed by atoms with van der Waals surface area (Å²) in [6.07, 6.45) is 0. The van der Waals surface area contributed by atoms with Crippen LogP contribution in [-0.2, 0) is 0 Å². The number of hydrogen-bond donors (Lipinski definition) is 2. The lowest BCUT2D eigenvalue weighted by Gasteiger charge is -2.09. The fourth-order valence-corrected chi connectivity index (χ4v) is 1.67. The second kappa shape index (κ2) is 6.79. The van der Waals surface area contributed by atoms with Crippen LogP contribution in [0.3, 0.4) is 0 Å². The molecule has 4 nitrogen and oxygen atoms in total. The second-order valence-electron chi connectivity index (χ2n) is 4.14. The molecular weight excluding hydrogens is 304 g/mol. The minimum atomic E-state index is -2.99. The fraction of sp³-hybridized carbons (Fsp3) is 0.0714. The summed E-state index contributed by atoms with van der Waals surface area (Å²) in [6.45, 7) is -2.99. The lowest BCUT2D eigenvalue weighted by atomic mass is 10.3. The molecule has 0 atom stereocenters. The van der Waals surface area contributed by atoms with Crippen molar-refractivity contribution < 1.29 is 27.1 Å². The Bertz CT molecular complexity index is 659. The summed E-state index contributed by atoms with van der Waals surface area (Å²) in [5.41, 5.74) is 0.0857. The molecule has 2 N–H and O–H groups in total. The zero-order valence-corrected chi connectivity index (χ0v) is 10.9. The number of halogens is 4. The number of alkyl halides is 2. The largest absolute Gasteiger partial charge is 0.435 e. The van der Waals surface area contributed by atoms with Crippen LogP contribution < -0.4 is 15.4 Å². The number of benzene rings is 2. The van der Waals surface area contributed by atoms with Crippen molar-refractivity contribution in [3.05, 3.63) is 54.1 Å². The maximum atomic E-state index is 13.0. The van der Waals surface area contributed by atoms with E-state index in [1.807, 2.05) is 0 Å². The van der Waals surface area contributed by atoms with Crippen molar-refractivity contribution in [2.24, 2.45) is 0 Å². The Morgan fingerprint density at radius 3 is 2.23 bits per heavy atom. The van der Waals surface area contributed by atoms with Crippen LogP contribution in [0.5, 0.6) is 5.75 Å². The van der Waals surface area contributed by atoms with E-state index in [1.165, 1.54) is 24.3 Å². The van der Waals surface area contributed by atoms with Crippen molar-refractivity contribution in [2.75, 3.05) is 10.6 Å². The summed E-state index contributed by atoms with van der Waals surface area (Å²) >= 11 is 0. The molecule has 2 aromatic rings. The van der Waals surface area contributed by atoms with Gasteiger partial charge in [0.05, 0.1) is 0 Å². The zero-order chi connectivity index (χ0) is 16.1. The van der Waals surface area contributed by atoms with Gasteiger partial charge in [-0.05, 0) is 24.3 Å². The molecule has 0 spiro atoms. The van der Waals surface area contributed by atoms with Gasteiger partial charge in [0.15, 0.2) is 0 Å². The van der Waals surface area contributed by atoms with Gasteiger partial charge in [0, 0.05) is 23.5 Å². The molecule has 0 aliphatic rings. The molecule has 0 unspecified atom stereocenters. The maximum Gasteiger partial charge on any atom is 0.387 e. The van der Waals surface area contributed by atoms with E-state index in [9.17, 15) is 22.4 Å². The summed E-state index contributed by atoms with van der Waals surface area (Å²) in [7, 11) is 0. The Balaban J connectivity index is 2.02. The highest BCUT2D eigenvalue weighted by molar-refractivity contribution is 5.99. The average molecular weight is 314 g/mol. The third-order valence-electron chi connectivity index (χ3n) is 2.44. The van der Waals surface area contributed by atoms with Crippen molar-refractivity contribution in [1.82, 2.24) is 0 Å². The molecule has 0 aliphatic carbocycles. The Labute approximate surface area is 122 Å². The van der Waals surface area contributed by atoms with Crippen LogP contribution in [-0.4, -0.2) is 12.6 Å². The number of carbonyl (C=O) groups excluding carboxylic acids is 1. The van der Waals surface area contributed by atoms with Crippen molar-refractivity contribution in [1.29, 1.82) is 0 Å². The molecule has 0 aliphatic heterocycles. The first kappa shape index (κ1) is 15.6. The summed E-state index contributed by atoms with van der Waals surface area (Å²) in [5, 5.41) is 4.54. The molecule has 116 valence electrons. The standard InChI is InChI=1S/C14H10F4N2O2/c15-8-4-9(16)6-11(5-8)20-14(21)19-10-2-1-3-12(7-10)22-13(17)18/h1-7,13H,(H2,19,20,21). The van der Waals surface area contributed by atoms with Crippen molar-refractivity contribution in [3.8, 4) is 5.75 Å². The summed E-state index contributed by atoms with van der Waals surface area (Å²) in [5.74, 6) is -1.82. The monoisotopic (exact) mass is 314 g/mol. The topological polar surface area (TPSA) is 50.4 Å². The Morgan fingerprint density at radius 1 is 0.955 bits per heavy atom. The highest BCUT2D eigenvalue weighted by atomic mass is 19.3. The average Bonchev–Trinajstić information content (AvgIpc) is 2.36. The Morgan fingerprint density at radius 2 is 1.59 bits per heavy atom. The lowest BCUT2D eigenvalue weighted by Crippen LogP contribution is -2.19. The quantitative estimate of drug-likeness (QED) is 0.831. The highest BCUT2D eigenvalue weighted by Crippen LogP contribution is 2.20. The predicted octanol–water partition coefficient (Wildman–Crippen LogP) is 4.21. The number of nitrogens with one attached hydrogen (secondary N) is 2. The number of anilines is 2. The number of amides is 2. The van der Waals surface area contributed by atoms with Crippen LogP contribution in [0.25, 0.3) is 0 Å². The molecule has 22 heavy (non-hydrogen) atoms. The minimum absolute atomic E-state index is 0.0880. The van der Waals surface area contributed by atoms with E-state index in [0.717, 1.165) is 12.1 Å². The molecule has 0 saturated heterocycles. The Kier molecular flexibility index (Phi) is 4.82. The van der Waals surface area contributed by atoms with Gasteiger partial charge in [-0.15, -0.1) is 0 Å². The van der Waals surface area contributed by atoms with Crippen LogP contribution in [0.2, 0.25) is 0 Å². The molecule has 2 amide bonds. The molecule has 2 aromatic carbocycles. The van der Waals surface area contributed by atoms with E-state index in [2.05, 4.69) is 15.4 Å². The van der Waals surface area contributed by atoms with Crippen LogP contribution in [0.1, 0.15) is 0 Å². The van der Waals surface area contributed by atoms with E-state index in [4.69, 9.17) is 0 Å². The highest BCUT2D eigenvalue weighted by Gasteiger charge is 2.08. The van der Waals surface area contributed by atoms with Crippen molar-refractivity contribution >= 4 is 17.4 Å². The molecule has 0 aromatic heterocycles. The molecule has 2 rings (SSSR count). The molecule has 0 saturated carbocycles. The van der Waals surface area contributed by atoms with Gasteiger partial charge in [0.25, 0.3) is 0 Å². The predicted molar refractivity (Wildman–Crippen MR) is 72.1 cm³/mol. The number of carbonyl (C=O) groups is 1. The van der Waals surface area contributed by atoms with E-state index >= 15 is 0 Å². The number of urea groups is 1. The van der Waals surface area contributed by atoms with Gasteiger partial charge in [0.2, 0.25) is 0 Å². The summed E-state index contributed by atoms with van der Waals surface area (Å²) in [4.78, 5) is 11.7. The van der Waals surface area contributed by atoms with Crippen molar-refractivity contribution in [2.45, 2.75) is 6.61 Å². The third-order valence-corrected chi connectivity index (χ3v) is 2.44. The number of rotatable bonds is 4. The van der Waals surface area contributed by atoms with Gasteiger partial charge >= 0.3 is 12.6 Å². The molecule has 8 heteroatoms. The van der Waals surface area contributed by atoms with Gasteiger partial charge in [-0.2, -0.15) is 8.78 Å². The first-order valence-corrected chi connectivity index (χ1v) is 6.01. The van der Waals surface area contributed by atoms with Crippen LogP contribution in [0.4, 0.5) is 33.7 Å². The number of ether oxygens (including phenoxy) is 1. The molecular formula is C14H10F4N2O2. The van der Waals surface area contributed by atoms with Crippen LogP contribution in [0, 0.1) is 11.6 Å². The normalized spacial score (nSPS) is 10.4. The van der Waals surface area contributed by atoms with Crippen LogP contribution in [0.15, 0.2) is 42.5 Å². The summed E-state index contributed by atoms with van der Waals surface area (Å²) < 4.78 is 54.3. The molecule has 0 heterocycles. The van der Waals surface area contributed by atoms with E-state index < -0.39 is 24.3 Å².